The van der Waals surface area contributed by atoms with Crippen LogP contribution in [0.25, 0.3) is 0 Å². The molecule has 1 unspecified atom stereocenters. The summed E-state index contributed by atoms with van der Waals surface area (Å²) in [4.78, 5) is 12.3. The molecule has 2 rings (SSSR count). The normalized spacial score (nSPS) is 11.7. The summed E-state index contributed by atoms with van der Waals surface area (Å²) in [7, 11) is -1.61. The van der Waals surface area contributed by atoms with Crippen LogP contribution in [-0.2, 0) is 10.8 Å². The van der Waals surface area contributed by atoms with Gasteiger partial charge in [0.1, 0.15) is 5.82 Å². The number of hydrogen-bond donors (Lipinski definition) is 0. The van der Waals surface area contributed by atoms with Crippen molar-refractivity contribution in [1.82, 2.24) is 0 Å². The average molecular weight is 322 g/mol. The summed E-state index contributed by atoms with van der Waals surface area (Å²) in [5, 5.41) is 8.55. The van der Waals surface area contributed by atoms with E-state index in [1.54, 1.807) is 0 Å². The zero-order valence-electron chi connectivity index (χ0n) is 10.7. The molecule has 2 aromatic carbocycles. The molecule has 6 heteroatoms. The third kappa shape index (κ3) is 3.75. The summed E-state index contributed by atoms with van der Waals surface area (Å²) in [5.74, 6) is -1.15. The van der Waals surface area contributed by atoms with Crippen LogP contribution in [0.5, 0.6) is 0 Å². The van der Waals surface area contributed by atoms with Gasteiger partial charge in [-0.15, -0.1) is 0 Å². The first-order chi connectivity index (χ1) is 10.0. The summed E-state index contributed by atoms with van der Waals surface area (Å²) in [6, 6.07) is 11.7. The number of nitriles is 1. The van der Waals surface area contributed by atoms with E-state index in [9.17, 15) is 13.4 Å². The smallest absolute Gasteiger partial charge is 0.175 e. The van der Waals surface area contributed by atoms with Gasteiger partial charge in [-0.25, -0.2) is 4.39 Å². The van der Waals surface area contributed by atoms with E-state index in [4.69, 9.17) is 16.9 Å². The number of rotatable bonds is 4. The molecule has 0 bridgehead atoms. The van der Waals surface area contributed by atoms with Crippen LogP contribution in [0, 0.1) is 17.1 Å². The molecule has 21 heavy (non-hydrogen) atoms. The standard InChI is InChI=1S/C15H9ClFNO2S/c16-13-7-12(5-6-14(13)17)21(20)9-15(19)11-3-1-10(8-18)2-4-11/h1-7H,9H2. The summed E-state index contributed by atoms with van der Waals surface area (Å²) in [6.45, 7) is 0. The van der Waals surface area contributed by atoms with Crippen LogP contribution in [0.15, 0.2) is 47.4 Å². The van der Waals surface area contributed by atoms with Crippen LogP contribution in [0.4, 0.5) is 4.39 Å². The van der Waals surface area contributed by atoms with E-state index >= 15 is 0 Å². The first-order valence-corrected chi connectivity index (χ1v) is 7.58. The van der Waals surface area contributed by atoms with E-state index in [1.165, 1.54) is 36.4 Å². The van der Waals surface area contributed by atoms with Gasteiger partial charge in [0.2, 0.25) is 0 Å². The lowest BCUT2D eigenvalue weighted by Gasteiger charge is -2.03. The number of ketones is 1. The molecule has 0 saturated heterocycles. The number of nitrogens with zero attached hydrogens (tertiary/aromatic N) is 1. The minimum absolute atomic E-state index is 0.133. The number of Topliss-reactive ketones (excluding diaryl/α,β-unsaturated/α-hetero) is 1. The van der Waals surface area contributed by atoms with Crippen LogP contribution in [-0.4, -0.2) is 15.7 Å². The highest BCUT2D eigenvalue weighted by Crippen LogP contribution is 2.19. The molecule has 0 aliphatic carbocycles. The molecule has 3 nitrogen and oxygen atoms in total. The Morgan fingerprint density at radius 1 is 1.24 bits per heavy atom. The third-order valence-electron chi connectivity index (χ3n) is 2.75. The van der Waals surface area contributed by atoms with Gasteiger partial charge < -0.3 is 0 Å². The number of carbonyl (C=O) groups is 1. The van der Waals surface area contributed by atoms with Crippen molar-refractivity contribution in [3.63, 3.8) is 0 Å². The fourth-order valence-corrected chi connectivity index (χ4v) is 2.92. The number of benzene rings is 2. The van der Waals surface area contributed by atoms with E-state index in [0.717, 1.165) is 6.07 Å². The Kier molecular flexibility index (Phi) is 4.84. The van der Waals surface area contributed by atoms with Gasteiger partial charge in [-0.1, -0.05) is 23.7 Å². The Hall–Kier alpha value is -2.03. The summed E-state index contributed by atoms with van der Waals surface area (Å²) in [6.07, 6.45) is 0. The Morgan fingerprint density at radius 2 is 1.90 bits per heavy atom. The monoisotopic (exact) mass is 321 g/mol. The molecule has 0 heterocycles. The van der Waals surface area contributed by atoms with Gasteiger partial charge in [-0.05, 0) is 30.3 Å². The van der Waals surface area contributed by atoms with Crippen LogP contribution in [0.1, 0.15) is 15.9 Å². The lowest BCUT2D eigenvalue weighted by Crippen LogP contribution is -2.11. The summed E-state index contributed by atoms with van der Waals surface area (Å²) in [5.41, 5.74) is 0.813. The van der Waals surface area contributed by atoms with E-state index in [0.29, 0.717) is 16.0 Å². The highest BCUT2D eigenvalue weighted by molar-refractivity contribution is 7.85. The molecular formula is C15H9ClFNO2S. The van der Waals surface area contributed by atoms with E-state index in [2.05, 4.69) is 0 Å². The molecule has 1 atom stereocenters. The lowest BCUT2D eigenvalue weighted by atomic mass is 10.1. The van der Waals surface area contributed by atoms with Crippen LogP contribution in [0.2, 0.25) is 5.02 Å². The predicted molar refractivity (Wildman–Crippen MR) is 78.2 cm³/mol. The quantitative estimate of drug-likeness (QED) is 0.811. The first-order valence-electron chi connectivity index (χ1n) is 5.88. The number of hydrogen-bond acceptors (Lipinski definition) is 3. The van der Waals surface area contributed by atoms with Crippen molar-refractivity contribution in [2.75, 3.05) is 5.75 Å². The Labute approximate surface area is 128 Å². The molecule has 0 aromatic heterocycles. The highest BCUT2D eigenvalue weighted by atomic mass is 35.5. The highest BCUT2D eigenvalue weighted by Gasteiger charge is 2.13. The second kappa shape index (κ2) is 6.61. The van der Waals surface area contributed by atoms with E-state index in [-0.39, 0.29) is 16.6 Å². The average Bonchev–Trinajstić information content (AvgIpc) is 2.50. The van der Waals surface area contributed by atoms with Crippen molar-refractivity contribution >= 4 is 28.2 Å². The van der Waals surface area contributed by atoms with Gasteiger partial charge in [-0.2, -0.15) is 5.26 Å². The van der Waals surface area contributed by atoms with E-state index < -0.39 is 16.6 Å². The van der Waals surface area contributed by atoms with Gasteiger partial charge in [0.05, 0.1) is 33.2 Å². The Bertz CT molecular complexity index is 753. The minimum Gasteiger partial charge on any atom is -0.293 e. The zero-order valence-corrected chi connectivity index (χ0v) is 12.2. The lowest BCUT2D eigenvalue weighted by molar-refractivity contribution is 0.102. The number of carbonyl (C=O) groups excluding carboxylic acids is 1. The topological polar surface area (TPSA) is 57.9 Å². The number of halogens is 2. The van der Waals surface area contributed by atoms with Gasteiger partial charge in [0.25, 0.3) is 0 Å². The molecule has 0 spiro atoms. The van der Waals surface area contributed by atoms with Crippen molar-refractivity contribution in [2.45, 2.75) is 4.90 Å². The SMILES string of the molecule is N#Cc1ccc(C(=O)CS(=O)c2ccc(F)c(Cl)c2)cc1. The van der Waals surface area contributed by atoms with Crippen molar-refractivity contribution in [2.24, 2.45) is 0 Å². The maximum absolute atomic E-state index is 13.0. The van der Waals surface area contributed by atoms with Gasteiger partial charge in [0, 0.05) is 10.5 Å². The largest absolute Gasteiger partial charge is 0.293 e. The molecule has 2 aromatic rings. The summed E-state index contributed by atoms with van der Waals surface area (Å²) >= 11 is 5.62. The molecule has 0 radical (unpaired) electrons. The molecule has 106 valence electrons. The molecule has 0 aliphatic heterocycles. The molecular weight excluding hydrogens is 313 g/mol. The van der Waals surface area contributed by atoms with E-state index in [1.807, 2.05) is 6.07 Å². The predicted octanol–water partition coefficient (Wildman–Crippen LogP) is 3.34. The maximum Gasteiger partial charge on any atom is 0.175 e. The van der Waals surface area contributed by atoms with Crippen LogP contribution >= 0.6 is 11.6 Å². The van der Waals surface area contributed by atoms with Crippen LogP contribution in [0.3, 0.4) is 0 Å². The molecule has 0 aliphatic rings. The molecule has 0 N–H and O–H groups in total. The second-order valence-corrected chi connectivity index (χ2v) is 6.04. The molecule has 0 amide bonds. The molecule has 0 saturated carbocycles. The van der Waals surface area contributed by atoms with Gasteiger partial charge in [0.15, 0.2) is 5.78 Å². The first kappa shape index (κ1) is 15.4. The maximum atomic E-state index is 13.0. The summed E-state index contributed by atoms with van der Waals surface area (Å²) < 4.78 is 25.1. The zero-order chi connectivity index (χ0) is 15.4. The molecule has 0 fully saturated rings. The fourth-order valence-electron chi connectivity index (χ4n) is 1.63. The van der Waals surface area contributed by atoms with Crippen molar-refractivity contribution in [3.05, 3.63) is 64.4 Å². The Balaban J connectivity index is 2.12. The van der Waals surface area contributed by atoms with Crippen LogP contribution < -0.4 is 0 Å². The van der Waals surface area contributed by atoms with Crippen molar-refractivity contribution in [3.8, 4) is 6.07 Å². The van der Waals surface area contributed by atoms with Gasteiger partial charge >= 0.3 is 0 Å². The third-order valence-corrected chi connectivity index (χ3v) is 4.35. The fraction of sp³-hybridized carbons (Fsp3) is 0.0667. The van der Waals surface area contributed by atoms with Gasteiger partial charge in [-0.3, -0.25) is 9.00 Å². The van der Waals surface area contributed by atoms with Crippen molar-refractivity contribution in [1.29, 1.82) is 5.26 Å². The second-order valence-electron chi connectivity index (χ2n) is 4.18. The Morgan fingerprint density at radius 3 is 2.48 bits per heavy atom. The minimum atomic E-state index is -1.61. The van der Waals surface area contributed by atoms with Crippen molar-refractivity contribution < 1.29 is 13.4 Å².